The highest BCUT2D eigenvalue weighted by molar-refractivity contribution is 7.89. The second-order valence-electron chi connectivity index (χ2n) is 7.95. The maximum absolute atomic E-state index is 13.2. The standard InChI is InChI=1S/C23H28ClN3O2S2/c1-2-3-4-6-18-7-10-20(11-8-18)31(28,29)27-14-5-13-26(15-16-27)23-25-21-12-9-19(24)17-22(21)30-23/h7-12,17H,2-6,13-16H2,1H3. The molecule has 166 valence electrons. The molecule has 0 radical (unpaired) electrons. The van der Waals surface area contributed by atoms with E-state index in [1.807, 2.05) is 30.3 Å². The molecule has 0 atom stereocenters. The zero-order valence-electron chi connectivity index (χ0n) is 17.8. The molecule has 0 bridgehead atoms. The second-order valence-corrected chi connectivity index (χ2v) is 11.3. The van der Waals surface area contributed by atoms with Gasteiger partial charge in [-0.25, -0.2) is 13.4 Å². The Kier molecular flexibility index (Phi) is 7.16. The molecule has 31 heavy (non-hydrogen) atoms. The number of fused-ring (bicyclic) bond motifs is 1. The fourth-order valence-corrected chi connectivity index (χ4v) is 6.67. The van der Waals surface area contributed by atoms with Crippen molar-refractivity contribution in [3.05, 3.63) is 53.1 Å². The molecule has 1 aromatic heterocycles. The summed E-state index contributed by atoms with van der Waals surface area (Å²) in [6, 6.07) is 13.1. The van der Waals surface area contributed by atoms with Gasteiger partial charge in [0.25, 0.3) is 0 Å². The number of unbranched alkanes of at least 4 members (excludes halogenated alkanes) is 2. The number of thiazole rings is 1. The Morgan fingerprint density at radius 2 is 1.84 bits per heavy atom. The van der Waals surface area contributed by atoms with Crippen molar-refractivity contribution in [3.8, 4) is 0 Å². The molecule has 1 aliphatic rings. The average molecular weight is 478 g/mol. The Morgan fingerprint density at radius 3 is 2.61 bits per heavy atom. The van der Waals surface area contributed by atoms with Crippen molar-refractivity contribution in [3.63, 3.8) is 0 Å². The first kappa shape index (κ1) is 22.5. The van der Waals surface area contributed by atoms with Gasteiger partial charge in [-0.15, -0.1) is 0 Å². The molecule has 0 aliphatic carbocycles. The number of nitrogens with zero attached hydrogens (tertiary/aromatic N) is 3. The summed E-state index contributed by atoms with van der Waals surface area (Å²) in [7, 11) is -3.49. The predicted octanol–water partition coefficient (Wildman–Crippen LogP) is 5.58. The first-order chi connectivity index (χ1) is 15.0. The van der Waals surface area contributed by atoms with Gasteiger partial charge in [0, 0.05) is 31.2 Å². The van der Waals surface area contributed by atoms with E-state index in [1.54, 1.807) is 27.8 Å². The number of benzene rings is 2. The quantitative estimate of drug-likeness (QED) is 0.416. The largest absolute Gasteiger partial charge is 0.347 e. The third-order valence-electron chi connectivity index (χ3n) is 5.69. The number of anilines is 1. The van der Waals surface area contributed by atoms with E-state index in [0.29, 0.717) is 29.6 Å². The molecule has 5 nitrogen and oxygen atoms in total. The molecule has 4 rings (SSSR count). The number of aromatic nitrogens is 1. The summed E-state index contributed by atoms with van der Waals surface area (Å²) in [5.41, 5.74) is 2.13. The molecule has 0 N–H and O–H groups in total. The molecule has 8 heteroatoms. The summed E-state index contributed by atoms with van der Waals surface area (Å²) in [5, 5.41) is 1.63. The van der Waals surface area contributed by atoms with Gasteiger partial charge in [-0.2, -0.15) is 4.31 Å². The van der Waals surface area contributed by atoms with Crippen LogP contribution in [0.5, 0.6) is 0 Å². The fraction of sp³-hybridized carbons (Fsp3) is 0.435. The van der Waals surface area contributed by atoms with Crippen LogP contribution in [0.3, 0.4) is 0 Å². The zero-order valence-corrected chi connectivity index (χ0v) is 20.1. The Hall–Kier alpha value is -1.67. The minimum Gasteiger partial charge on any atom is -0.347 e. The molecule has 1 saturated heterocycles. The van der Waals surface area contributed by atoms with Gasteiger partial charge in [-0.1, -0.05) is 54.8 Å². The first-order valence-electron chi connectivity index (χ1n) is 10.9. The van der Waals surface area contributed by atoms with Gasteiger partial charge >= 0.3 is 0 Å². The molecule has 0 spiro atoms. The number of hydrogen-bond acceptors (Lipinski definition) is 5. The molecular formula is C23H28ClN3O2S2. The van der Waals surface area contributed by atoms with Crippen LogP contribution in [0.25, 0.3) is 10.2 Å². The fourth-order valence-electron chi connectivity index (χ4n) is 3.90. The highest BCUT2D eigenvalue weighted by atomic mass is 35.5. The highest BCUT2D eigenvalue weighted by Crippen LogP contribution is 2.31. The maximum atomic E-state index is 13.2. The lowest BCUT2D eigenvalue weighted by molar-refractivity contribution is 0.433. The normalized spacial score (nSPS) is 16.0. The average Bonchev–Trinajstić information content (AvgIpc) is 3.01. The van der Waals surface area contributed by atoms with Crippen LogP contribution in [0, 0.1) is 0 Å². The summed E-state index contributed by atoms with van der Waals surface area (Å²) in [5.74, 6) is 0. The molecule has 1 fully saturated rings. The van der Waals surface area contributed by atoms with E-state index in [1.165, 1.54) is 18.4 Å². The van der Waals surface area contributed by atoms with Crippen LogP contribution < -0.4 is 4.90 Å². The molecule has 0 amide bonds. The first-order valence-corrected chi connectivity index (χ1v) is 13.5. The van der Waals surface area contributed by atoms with E-state index >= 15 is 0 Å². The zero-order chi connectivity index (χ0) is 21.8. The Bertz CT molecular complexity index is 1130. The van der Waals surface area contributed by atoms with E-state index < -0.39 is 10.0 Å². The van der Waals surface area contributed by atoms with Crippen LogP contribution in [0.4, 0.5) is 5.13 Å². The van der Waals surface area contributed by atoms with Crippen LogP contribution in [-0.2, 0) is 16.4 Å². The molecule has 0 unspecified atom stereocenters. The number of rotatable bonds is 7. The van der Waals surface area contributed by atoms with E-state index in [4.69, 9.17) is 16.6 Å². The minimum atomic E-state index is -3.49. The molecule has 1 aliphatic heterocycles. The van der Waals surface area contributed by atoms with Crippen molar-refractivity contribution in [1.29, 1.82) is 0 Å². The topological polar surface area (TPSA) is 53.5 Å². The van der Waals surface area contributed by atoms with Gasteiger partial charge in [-0.3, -0.25) is 0 Å². The number of halogens is 1. The maximum Gasteiger partial charge on any atom is 0.243 e. The smallest absolute Gasteiger partial charge is 0.243 e. The monoisotopic (exact) mass is 477 g/mol. The highest BCUT2D eigenvalue weighted by Gasteiger charge is 2.27. The van der Waals surface area contributed by atoms with E-state index in [-0.39, 0.29) is 0 Å². The summed E-state index contributed by atoms with van der Waals surface area (Å²) in [4.78, 5) is 7.29. The van der Waals surface area contributed by atoms with Crippen molar-refractivity contribution >= 4 is 48.3 Å². The lowest BCUT2D eigenvalue weighted by Gasteiger charge is -2.21. The van der Waals surface area contributed by atoms with Crippen molar-refractivity contribution in [1.82, 2.24) is 9.29 Å². The Morgan fingerprint density at radius 1 is 1.03 bits per heavy atom. The lowest BCUT2D eigenvalue weighted by atomic mass is 10.1. The lowest BCUT2D eigenvalue weighted by Crippen LogP contribution is -2.35. The van der Waals surface area contributed by atoms with Gasteiger partial charge in [0.05, 0.1) is 15.1 Å². The predicted molar refractivity (Wildman–Crippen MR) is 130 cm³/mol. The van der Waals surface area contributed by atoms with Crippen LogP contribution in [-0.4, -0.2) is 43.9 Å². The third kappa shape index (κ3) is 5.22. The third-order valence-corrected chi connectivity index (χ3v) is 8.92. The number of sulfonamides is 1. The summed E-state index contributed by atoms with van der Waals surface area (Å²) >= 11 is 7.70. The van der Waals surface area contributed by atoms with E-state index in [0.717, 1.165) is 41.2 Å². The van der Waals surface area contributed by atoms with Crippen molar-refractivity contribution < 1.29 is 8.42 Å². The van der Waals surface area contributed by atoms with E-state index in [2.05, 4.69) is 11.8 Å². The molecular weight excluding hydrogens is 450 g/mol. The van der Waals surface area contributed by atoms with Gasteiger partial charge in [0.2, 0.25) is 10.0 Å². The van der Waals surface area contributed by atoms with Crippen LogP contribution in [0.2, 0.25) is 5.02 Å². The van der Waals surface area contributed by atoms with Gasteiger partial charge in [0.1, 0.15) is 0 Å². The summed E-state index contributed by atoms with van der Waals surface area (Å²) in [6.07, 6.45) is 5.29. The SMILES string of the molecule is CCCCCc1ccc(S(=O)(=O)N2CCCN(c3nc4ccc(Cl)cc4s3)CC2)cc1. The summed E-state index contributed by atoms with van der Waals surface area (Å²) in [6.45, 7) is 4.58. The van der Waals surface area contributed by atoms with Crippen LogP contribution in [0.1, 0.15) is 38.2 Å². The number of aryl methyl sites for hydroxylation is 1. The van der Waals surface area contributed by atoms with Crippen molar-refractivity contribution in [2.75, 3.05) is 31.1 Å². The van der Waals surface area contributed by atoms with E-state index in [9.17, 15) is 8.42 Å². The molecule has 3 aromatic rings. The number of hydrogen-bond donors (Lipinski definition) is 0. The summed E-state index contributed by atoms with van der Waals surface area (Å²) < 4.78 is 29.1. The van der Waals surface area contributed by atoms with Gasteiger partial charge in [0.15, 0.2) is 5.13 Å². The molecule has 0 saturated carbocycles. The molecule has 2 aromatic carbocycles. The van der Waals surface area contributed by atoms with Gasteiger partial charge in [-0.05, 0) is 55.2 Å². The second kappa shape index (κ2) is 9.86. The Balaban J connectivity index is 1.44. The minimum absolute atomic E-state index is 0.384. The van der Waals surface area contributed by atoms with Crippen molar-refractivity contribution in [2.24, 2.45) is 0 Å². The van der Waals surface area contributed by atoms with Crippen molar-refractivity contribution in [2.45, 2.75) is 43.9 Å². The van der Waals surface area contributed by atoms with Crippen LogP contribution >= 0.6 is 22.9 Å². The molecule has 2 heterocycles. The van der Waals surface area contributed by atoms with Crippen LogP contribution in [0.15, 0.2) is 47.4 Å². The van der Waals surface area contributed by atoms with Gasteiger partial charge < -0.3 is 4.90 Å². The Labute approximate surface area is 193 Å².